The first-order chi connectivity index (χ1) is 16.3. The number of hydrogen-bond donors (Lipinski definition) is 5. The molecule has 8 N–H and O–H groups in total. The molecule has 0 atom stereocenters. The number of nitrogens with one attached hydrogen (secondary N) is 2. The summed E-state index contributed by atoms with van der Waals surface area (Å²) in [5.74, 6) is -0.995. The van der Waals surface area contributed by atoms with E-state index in [1.54, 1.807) is 48.7 Å². The third-order valence-electron chi connectivity index (χ3n) is 5.10. The Labute approximate surface area is 194 Å². The molecule has 10 nitrogen and oxygen atoms in total. The molecular formula is C24H21N7O3. The normalized spacial score (nSPS) is 10.6. The van der Waals surface area contributed by atoms with Gasteiger partial charge in [-0.15, -0.1) is 0 Å². The predicted molar refractivity (Wildman–Crippen MR) is 129 cm³/mol. The number of rotatable bonds is 7. The Bertz CT molecular complexity index is 1420. The summed E-state index contributed by atoms with van der Waals surface area (Å²) < 4.78 is 0. The lowest BCUT2D eigenvalue weighted by molar-refractivity contribution is 0.0992. The second kappa shape index (κ2) is 9.25. The van der Waals surface area contributed by atoms with Crippen molar-refractivity contribution in [2.45, 2.75) is 6.54 Å². The number of carbonyl (C=O) groups excluding carboxylic acids is 3. The third-order valence-corrected chi connectivity index (χ3v) is 5.10. The summed E-state index contributed by atoms with van der Waals surface area (Å²) in [7, 11) is 0. The standard InChI is InChI=1S/C24H21N7O3/c25-17-7-5-15(22(26)32)9-19(17)31-24(34)14-3-1-13(2-4-14)11-29-21-12-28-18-8-6-16(23(27)33)10-20(18)30-21/h1-10,12H,11,25H2,(H2,26,32)(H2,27,33)(H,29,30)(H,31,34). The van der Waals surface area contributed by atoms with Gasteiger partial charge in [0.1, 0.15) is 5.82 Å². The van der Waals surface area contributed by atoms with Crippen LogP contribution in [0.25, 0.3) is 11.0 Å². The second-order valence-corrected chi connectivity index (χ2v) is 7.49. The van der Waals surface area contributed by atoms with Crippen molar-refractivity contribution >= 4 is 45.9 Å². The molecule has 0 bridgehead atoms. The molecule has 0 aliphatic heterocycles. The smallest absolute Gasteiger partial charge is 0.255 e. The fourth-order valence-corrected chi connectivity index (χ4v) is 3.23. The van der Waals surface area contributed by atoms with Gasteiger partial charge in [0.25, 0.3) is 5.91 Å². The summed E-state index contributed by atoms with van der Waals surface area (Å²) in [6.07, 6.45) is 1.60. The number of hydrogen-bond acceptors (Lipinski definition) is 7. The van der Waals surface area contributed by atoms with Gasteiger partial charge in [0, 0.05) is 23.2 Å². The lowest BCUT2D eigenvalue weighted by Crippen LogP contribution is -2.16. The highest BCUT2D eigenvalue weighted by atomic mass is 16.2. The number of fused-ring (bicyclic) bond motifs is 1. The Morgan fingerprint density at radius 1 is 0.794 bits per heavy atom. The van der Waals surface area contributed by atoms with Crippen LogP contribution < -0.4 is 27.8 Å². The number of nitrogen functional groups attached to an aromatic ring is 1. The number of anilines is 3. The third kappa shape index (κ3) is 4.91. The van der Waals surface area contributed by atoms with E-state index < -0.39 is 11.8 Å². The number of carbonyl (C=O) groups is 3. The van der Waals surface area contributed by atoms with Crippen LogP contribution in [0.3, 0.4) is 0 Å². The molecule has 0 saturated carbocycles. The van der Waals surface area contributed by atoms with E-state index in [1.165, 1.54) is 18.2 Å². The molecule has 0 spiro atoms. The van der Waals surface area contributed by atoms with Crippen LogP contribution >= 0.6 is 0 Å². The summed E-state index contributed by atoms with van der Waals surface area (Å²) in [6, 6.07) is 16.3. The molecule has 0 fully saturated rings. The van der Waals surface area contributed by atoms with Gasteiger partial charge in [0.2, 0.25) is 11.8 Å². The van der Waals surface area contributed by atoms with Crippen molar-refractivity contribution in [1.29, 1.82) is 0 Å². The number of nitrogens with two attached hydrogens (primary N) is 3. The first-order valence-electron chi connectivity index (χ1n) is 10.2. The molecule has 10 heteroatoms. The van der Waals surface area contributed by atoms with Crippen molar-refractivity contribution in [2.75, 3.05) is 16.4 Å². The quantitative estimate of drug-likeness (QED) is 0.265. The van der Waals surface area contributed by atoms with Crippen molar-refractivity contribution in [3.05, 3.63) is 89.1 Å². The number of benzene rings is 3. The highest BCUT2D eigenvalue weighted by molar-refractivity contribution is 6.06. The lowest BCUT2D eigenvalue weighted by atomic mass is 10.1. The van der Waals surface area contributed by atoms with Crippen LogP contribution in [0, 0.1) is 0 Å². The van der Waals surface area contributed by atoms with Gasteiger partial charge in [0.05, 0.1) is 28.6 Å². The second-order valence-electron chi connectivity index (χ2n) is 7.49. The molecule has 170 valence electrons. The zero-order valence-electron chi connectivity index (χ0n) is 17.9. The number of aromatic nitrogens is 2. The van der Waals surface area contributed by atoms with Crippen LogP contribution in [0.1, 0.15) is 36.6 Å². The van der Waals surface area contributed by atoms with Gasteiger partial charge >= 0.3 is 0 Å². The van der Waals surface area contributed by atoms with Crippen LogP contribution in [0.5, 0.6) is 0 Å². The van der Waals surface area contributed by atoms with E-state index in [0.717, 1.165) is 5.56 Å². The number of nitrogens with zero attached hydrogens (tertiary/aromatic N) is 2. The van der Waals surface area contributed by atoms with Gasteiger partial charge in [-0.2, -0.15) is 0 Å². The molecule has 3 amide bonds. The average molecular weight is 455 g/mol. The maximum Gasteiger partial charge on any atom is 0.255 e. The van der Waals surface area contributed by atoms with Gasteiger partial charge in [-0.1, -0.05) is 12.1 Å². The Hall–Kier alpha value is -4.99. The molecule has 0 aliphatic rings. The topological polar surface area (TPSA) is 179 Å². The van der Waals surface area contributed by atoms with Crippen molar-refractivity contribution in [3.63, 3.8) is 0 Å². The summed E-state index contributed by atoms with van der Waals surface area (Å²) >= 11 is 0. The highest BCUT2D eigenvalue weighted by Crippen LogP contribution is 2.21. The van der Waals surface area contributed by atoms with Crippen molar-refractivity contribution in [3.8, 4) is 0 Å². The van der Waals surface area contributed by atoms with E-state index >= 15 is 0 Å². The van der Waals surface area contributed by atoms with Crippen LogP contribution in [0.2, 0.25) is 0 Å². The molecule has 0 saturated heterocycles. The van der Waals surface area contributed by atoms with E-state index in [9.17, 15) is 14.4 Å². The minimum absolute atomic E-state index is 0.244. The maximum atomic E-state index is 12.6. The van der Waals surface area contributed by atoms with E-state index in [1.807, 2.05) is 0 Å². The van der Waals surface area contributed by atoms with Crippen LogP contribution in [-0.4, -0.2) is 27.7 Å². The lowest BCUT2D eigenvalue weighted by Gasteiger charge is -2.10. The Kier molecular flexibility index (Phi) is 6.04. The molecule has 34 heavy (non-hydrogen) atoms. The van der Waals surface area contributed by atoms with Crippen molar-refractivity contribution in [1.82, 2.24) is 9.97 Å². The zero-order valence-corrected chi connectivity index (χ0v) is 17.9. The van der Waals surface area contributed by atoms with Crippen LogP contribution in [0.4, 0.5) is 17.2 Å². The van der Waals surface area contributed by atoms with Gasteiger partial charge in [-0.05, 0) is 54.1 Å². The zero-order chi connectivity index (χ0) is 24.2. The van der Waals surface area contributed by atoms with Crippen LogP contribution in [-0.2, 0) is 6.54 Å². The van der Waals surface area contributed by atoms with E-state index in [4.69, 9.17) is 17.2 Å². The Balaban J connectivity index is 1.42. The first kappa shape index (κ1) is 22.2. The monoisotopic (exact) mass is 455 g/mol. The van der Waals surface area contributed by atoms with Crippen LogP contribution in [0.15, 0.2) is 66.9 Å². The molecule has 0 aliphatic carbocycles. The summed E-state index contributed by atoms with van der Waals surface area (Å²) in [6.45, 7) is 0.436. The first-order valence-corrected chi connectivity index (χ1v) is 10.2. The predicted octanol–water partition coefficient (Wildman–Crippen LogP) is 2.27. The molecule has 1 heterocycles. The largest absolute Gasteiger partial charge is 0.397 e. The average Bonchev–Trinajstić information content (AvgIpc) is 2.83. The molecule has 1 aromatic heterocycles. The maximum absolute atomic E-state index is 12.6. The molecule has 4 aromatic rings. The molecular weight excluding hydrogens is 434 g/mol. The summed E-state index contributed by atoms with van der Waals surface area (Å²) in [5.41, 5.74) is 20.2. The Morgan fingerprint density at radius 2 is 1.44 bits per heavy atom. The van der Waals surface area contributed by atoms with Gasteiger partial charge in [0.15, 0.2) is 0 Å². The minimum atomic E-state index is -0.614. The number of primary amides is 2. The number of amides is 3. The Morgan fingerprint density at radius 3 is 2.15 bits per heavy atom. The minimum Gasteiger partial charge on any atom is -0.397 e. The van der Waals surface area contributed by atoms with Crippen molar-refractivity contribution < 1.29 is 14.4 Å². The fourth-order valence-electron chi connectivity index (χ4n) is 3.23. The summed E-state index contributed by atoms with van der Waals surface area (Å²) in [5, 5.41) is 5.85. The molecule has 0 radical (unpaired) electrons. The van der Waals surface area contributed by atoms with E-state index in [0.29, 0.717) is 45.9 Å². The van der Waals surface area contributed by atoms with E-state index in [-0.39, 0.29) is 11.5 Å². The molecule has 0 unspecified atom stereocenters. The van der Waals surface area contributed by atoms with Gasteiger partial charge < -0.3 is 27.8 Å². The molecule has 3 aromatic carbocycles. The fraction of sp³-hybridized carbons (Fsp3) is 0.0417. The summed E-state index contributed by atoms with van der Waals surface area (Å²) in [4.78, 5) is 44.1. The SMILES string of the molecule is NC(=O)c1ccc(N)c(NC(=O)c2ccc(CNc3cnc4ccc(C(N)=O)cc4n3)cc2)c1. The van der Waals surface area contributed by atoms with Gasteiger partial charge in [-0.3, -0.25) is 19.4 Å². The molecule has 4 rings (SSSR count). The van der Waals surface area contributed by atoms with Gasteiger partial charge in [-0.25, -0.2) is 4.98 Å². The highest BCUT2D eigenvalue weighted by Gasteiger charge is 2.11. The van der Waals surface area contributed by atoms with E-state index in [2.05, 4.69) is 20.6 Å². The van der Waals surface area contributed by atoms with Crippen molar-refractivity contribution in [2.24, 2.45) is 11.5 Å².